The highest BCUT2D eigenvalue weighted by molar-refractivity contribution is 7.99. The van der Waals surface area contributed by atoms with Crippen LogP contribution in [0.5, 0.6) is 5.75 Å². The standard InChI is InChI=1S/C18H25N3O3S/c1-5-21-16(18(2,3)4)19-20-17(21)25-12-8-11-24-14-10-7-6-9-13(14)15(22)23/h6-7,9-10H,5,8,11-12H2,1-4H3,(H,22,23). The fraction of sp³-hybridized carbons (Fsp3) is 0.500. The lowest BCUT2D eigenvalue weighted by atomic mass is 9.96. The summed E-state index contributed by atoms with van der Waals surface area (Å²) in [6, 6.07) is 6.69. The number of ether oxygens (including phenoxy) is 1. The van der Waals surface area contributed by atoms with Crippen LogP contribution in [-0.2, 0) is 12.0 Å². The molecule has 0 bridgehead atoms. The van der Waals surface area contributed by atoms with Crippen molar-refractivity contribution in [3.05, 3.63) is 35.7 Å². The van der Waals surface area contributed by atoms with Gasteiger partial charge >= 0.3 is 5.97 Å². The molecule has 25 heavy (non-hydrogen) atoms. The molecule has 2 aromatic rings. The van der Waals surface area contributed by atoms with Gasteiger partial charge in [0.1, 0.15) is 17.1 Å². The van der Waals surface area contributed by atoms with Crippen LogP contribution < -0.4 is 4.74 Å². The van der Waals surface area contributed by atoms with E-state index >= 15 is 0 Å². The molecule has 0 fully saturated rings. The van der Waals surface area contributed by atoms with Crippen LogP contribution in [-0.4, -0.2) is 38.2 Å². The first-order chi connectivity index (χ1) is 11.8. The maximum absolute atomic E-state index is 11.1. The van der Waals surface area contributed by atoms with E-state index in [4.69, 9.17) is 9.84 Å². The third kappa shape index (κ3) is 4.98. The Bertz CT molecular complexity index is 723. The summed E-state index contributed by atoms with van der Waals surface area (Å²) < 4.78 is 7.76. The van der Waals surface area contributed by atoms with Gasteiger partial charge in [0.2, 0.25) is 0 Å². The van der Waals surface area contributed by atoms with Crippen LogP contribution in [0.1, 0.15) is 50.3 Å². The molecule has 0 spiro atoms. The first-order valence-electron chi connectivity index (χ1n) is 8.36. The second kappa shape index (κ2) is 8.38. The molecule has 0 aliphatic carbocycles. The quantitative estimate of drug-likeness (QED) is 0.567. The second-order valence-electron chi connectivity index (χ2n) is 6.65. The summed E-state index contributed by atoms with van der Waals surface area (Å²) in [5, 5.41) is 18.7. The van der Waals surface area contributed by atoms with Crippen molar-refractivity contribution in [1.29, 1.82) is 0 Å². The first-order valence-corrected chi connectivity index (χ1v) is 9.34. The molecule has 1 heterocycles. The molecule has 1 aromatic heterocycles. The molecule has 7 heteroatoms. The Labute approximate surface area is 152 Å². The molecule has 0 amide bonds. The molecule has 0 saturated heterocycles. The molecule has 0 aliphatic rings. The summed E-state index contributed by atoms with van der Waals surface area (Å²) in [4.78, 5) is 11.1. The van der Waals surface area contributed by atoms with Crippen LogP contribution in [0, 0.1) is 0 Å². The number of thioether (sulfide) groups is 1. The van der Waals surface area contributed by atoms with Gasteiger partial charge in [0.15, 0.2) is 5.16 Å². The third-order valence-corrected chi connectivity index (χ3v) is 4.65. The average molecular weight is 363 g/mol. The Morgan fingerprint density at radius 3 is 2.64 bits per heavy atom. The molecule has 6 nitrogen and oxygen atoms in total. The molecular formula is C18H25N3O3S. The van der Waals surface area contributed by atoms with Gasteiger partial charge in [-0.3, -0.25) is 0 Å². The molecule has 0 aliphatic heterocycles. The minimum atomic E-state index is -0.976. The largest absolute Gasteiger partial charge is 0.493 e. The molecule has 0 atom stereocenters. The summed E-state index contributed by atoms with van der Waals surface area (Å²) in [6.07, 6.45) is 0.792. The predicted octanol–water partition coefficient (Wildman–Crippen LogP) is 3.85. The summed E-state index contributed by atoms with van der Waals surface area (Å²) in [5.74, 6) is 1.25. The minimum Gasteiger partial charge on any atom is -0.493 e. The van der Waals surface area contributed by atoms with Gasteiger partial charge in [-0.25, -0.2) is 4.79 Å². The number of aromatic nitrogens is 3. The monoisotopic (exact) mass is 363 g/mol. The SMILES string of the molecule is CCn1c(SCCCOc2ccccc2C(=O)O)nnc1C(C)(C)C. The number of carboxylic acids is 1. The smallest absolute Gasteiger partial charge is 0.339 e. The van der Waals surface area contributed by atoms with Crippen LogP contribution >= 0.6 is 11.8 Å². The number of carboxylic acid groups (broad SMARTS) is 1. The van der Waals surface area contributed by atoms with Crippen molar-refractivity contribution < 1.29 is 14.6 Å². The van der Waals surface area contributed by atoms with Crippen molar-refractivity contribution in [2.45, 2.75) is 51.2 Å². The van der Waals surface area contributed by atoms with E-state index in [0.717, 1.165) is 29.7 Å². The second-order valence-corrected chi connectivity index (χ2v) is 7.71. The van der Waals surface area contributed by atoms with Crippen molar-refractivity contribution in [2.75, 3.05) is 12.4 Å². The number of para-hydroxylation sites is 1. The van der Waals surface area contributed by atoms with Crippen molar-refractivity contribution in [3.8, 4) is 5.75 Å². The molecule has 2 rings (SSSR count). The van der Waals surface area contributed by atoms with Crippen LogP contribution in [0.4, 0.5) is 0 Å². The van der Waals surface area contributed by atoms with Gasteiger partial charge in [-0.15, -0.1) is 10.2 Å². The van der Waals surface area contributed by atoms with E-state index in [2.05, 4.69) is 42.5 Å². The average Bonchev–Trinajstić information content (AvgIpc) is 2.98. The fourth-order valence-electron chi connectivity index (χ4n) is 2.41. The fourth-order valence-corrected chi connectivity index (χ4v) is 3.32. The minimum absolute atomic E-state index is 0.0362. The van der Waals surface area contributed by atoms with Crippen molar-refractivity contribution in [2.24, 2.45) is 0 Å². The molecule has 1 aromatic carbocycles. The number of aromatic carboxylic acids is 1. The Morgan fingerprint density at radius 1 is 1.28 bits per heavy atom. The summed E-state index contributed by atoms with van der Waals surface area (Å²) in [6.45, 7) is 9.78. The van der Waals surface area contributed by atoms with Gasteiger partial charge in [-0.05, 0) is 25.5 Å². The maximum atomic E-state index is 11.1. The van der Waals surface area contributed by atoms with Gasteiger partial charge in [0.05, 0.1) is 6.61 Å². The summed E-state index contributed by atoms with van der Waals surface area (Å²) in [7, 11) is 0. The maximum Gasteiger partial charge on any atom is 0.339 e. The van der Waals surface area contributed by atoms with Gasteiger partial charge in [-0.1, -0.05) is 44.7 Å². The van der Waals surface area contributed by atoms with E-state index in [-0.39, 0.29) is 11.0 Å². The molecule has 1 N–H and O–H groups in total. The predicted molar refractivity (Wildman–Crippen MR) is 98.6 cm³/mol. The Hall–Kier alpha value is -2.02. The Balaban J connectivity index is 1.87. The van der Waals surface area contributed by atoms with Crippen LogP contribution in [0.2, 0.25) is 0 Å². The van der Waals surface area contributed by atoms with E-state index in [1.165, 1.54) is 0 Å². The lowest BCUT2D eigenvalue weighted by molar-refractivity contribution is 0.0692. The Morgan fingerprint density at radius 2 is 2.00 bits per heavy atom. The molecule has 0 radical (unpaired) electrons. The van der Waals surface area contributed by atoms with E-state index in [1.807, 2.05) is 0 Å². The molecule has 0 saturated carbocycles. The Kier molecular flexibility index (Phi) is 6.47. The third-order valence-electron chi connectivity index (χ3n) is 3.60. The molecule has 0 unspecified atom stereocenters. The lowest BCUT2D eigenvalue weighted by Gasteiger charge is -2.18. The summed E-state index contributed by atoms with van der Waals surface area (Å²) in [5.41, 5.74) is 0.154. The van der Waals surface area contributed by atoms with Crippen molar-refractivity contribution in [1.82, 2.24) is 14.8 Å². The number of carbonyl (C=O) groups is 1. The van der Waals surface area contributed by atoms with Crippen LogP contribution in [0.15, 0.2) is 29.4 Å². The summed E-state index contributed by atoms with van der Waals surface area (Å²) >= 11 is 1.65. The number of hydrogen-bond acceptors (Lipinski definition) is 5. The highest BCUT2D eigenvalue weighted by Gasteiger charge is 2.23. The number of hydrogen-bond donors (Lipinski definition) is 1. The number of benzene rings is 1. The molecular weight excluding hydrogens is 338 g/mol. The zero-order chi connectivity index (χ0) is 18.4. The van der Waals surface area contributed by atoms with Gasteiger partial charge in [0, 0.05) is 17.7 Å². The number of rotatable bonds is 8. The van der Waals surface area contributed by atoms with Crippen LogP contribution in [0.3, 0.4) is 0 Å². The normalized spacial score (nSPS) is 11.5. The molecule has 136 valence electrons. The topological polar surface area (TPSA) is 77.2 Å². The zero-order valence-corrected chi connectivity index (χ0v) is 16.0. The first kappa shape index (κ1) is 19.3. The van der Waals surface area contributed by atoms with Crippen LogP contribution in [0.25, 0.3) is 0 Å². The van der Waals surface area contributed by atoms with Gasteiger partial charge in [0.25, 0.3) is 0 Å². The zero-order valence-electron chi connectivity index (χ0n) is 15.2. The van der Waals surface area contributed by atoms with E-state index in [1.54, 1.807) is 36.0 Å². The lowest BCUT2D eigenvalue weighted by Crippen LogP contribution is -2.19. The van der Waals surface area contributed by atoms with Gasteiger partial charge < -0.3 is 14.4 Å². The van der Waals surface area contributed by atoms with Crippen molar-refractivity contribution >= 4 is 17.7 Å². The van der Waals surface area contributed by atoms with Crippen molar-refractivity contribution in [3.63, 3.8) is 0 Å². The van der Waals surface area contributed by atoms with Gasteiger partial charge in [-0.2, -0.15) is 0 Å². The highest BCUT2D eigenvalue weighted by atomic mass is 32.2. The van der Waals surface area contributed by atoms with E-state index in [9.17, 15) is 4.79 Å². The number of nitrogens with zero attached hydrogens (tertiary/aromatic N) is 3. The van der Waals surface area contributed by atoms with E-state index < -0.39 is 5.97 Å². The highest BCUT2D eigenvalue weighted by Crippen LogP contribution is 2.26. The van der Waals surface area contributed by atoms with E-state index in [0.29, 0.717) is 12.4 Å².